The summed E-state index contributed by atoms with van der Waals surface area (Å²) in [5.41, 5.74) is 4.50. The standard InChI is InChI=1S/C28H37N3O5/c1-18(2)30-25(32)24(31-26(33)34)14-9-17-29-27(35)36-28(3,4)16-15-23-21-12-7-5-10-19(21)20-11-6-8-13-22(20)23/h5-8,10-13,18,23-24,31H,9,14-17H2,1-4H3,(H,29,35)(H,30,32)(H,33,34)/t24-/m0/s1. The predicted octanol–water partition coefficient (Wildman–Crippen LogP) is 5.02. The molecule has 3 amide bonds. The Bertz CT molecular complexity index is 1040. The van der Waals surface area contributed by atoms with Crippen molar-refractivity contribution in [2.45, 2.75) is 77.0 Å². The van der Waals surface area contributed by atoms with Crippen molar-refractivity contribution in [1.82, 2.24) is 16.0 Å². The summed E-state index contributed by atoms with van der Waals surface area (Å²) in [6.45, 7) is 7.69. The van der Waals surface area contributed by atoms with Gasteiger partial charge < -0.3 is 25.8 Å². The predicted molar refractivity (Wildman–Crippen MR) is 139 cm³/mol. The lowest BCUT2D eigenvalue weighted by Crippen LogP contribution is -2.48. The van der Waals surface area contributed by atoms with Gasteiger partial charge in [-0.2, -0.15) is 0 Å². The molecule has 0 fully saturated rings. The van der Waals surface area contributed by atoms with Gasteiger partial charge in [0, 0.05) is 18.5 Å². The highest BCUT2D eigenvalue weighted by Crippen LogP contribution is 2.47. The van der Waals surface area contributed by atoms with Crippen LogP contribution in [0.2, 0.25) is 0 Å². The lowest BCUT2D eigenvalue weighted by molar-refractivity contribution is -0.123. The summed E-state index contributed by atoms with van der Waals surface area (Å²) in [4.78, 5) is 35.6. The van der Waals surface area contributed by atoms with Gasteiger partial charge in [-0.05, 0) is 75.6 Å². The average Bonchev–Trinajstić information content (AvgIpc) is 3.12. The van der Waals surface area contributed by atoms with Crippen molar-refractivity contribution >= 4 is 18.1 Å². The van der Waals surface area contributed by atoms with E-state index in [9.17, 15) is 14.4 Å². The second kappa shape index (κ2) is 11.9. The second-order valence-electron chi connectivity index (χ2n) is 10.1. The molecule has 2 aromatic carbocycles. The molecule has 0 unspecified atom stereocenters. The summed E-state index contributed by atoms with van der Waals surface area (Å²) < 4.78 is 5.71. The van der Waals surface area contributed by atoms with E-state index in [4.69, 9.17) is 9.84 Å². The average molecular weight is 496 g/mol. The summed E-state index contributed by atoms with van der Waals surface area (Å²) in [6, 6.07) is 15.9. The molecule has 194 valence electrons. The van der Waals surface area contributed by atoms with Gasteiger partial charge in [0.2, 0.25) is 5.91 Å². The molecule has 0 saturated heterocycles. The van der Waals surface area contributed by atoms with E-state index in [1.54, 1.807) is 13.8 Å². The van der Waals surface area contributed by atoms with Gasteiger partial charge in [-0.1, -0.05) is 48.5 Å². The molecule has 0 heterocycles. The first-order valence-electron chi connectivity index (χ1n) is 12.5. The van der Waals surface area contributed by atoms with Gasteiger partial charge in [0.15, 0.2) is 0 Å². The number of nitrogens with one attached hydrogen (secondary N) is 3. The molecular weight excluding hydrogens is 458 g/mol. The normalized spacial score (nSPS) is 13.5. The molecular formula is C28H37N3O5. The van der Waals surface area contributed by atoms with Crippen LogP contribution in [0.1, 0.15) is 70.4 Å². The van der Waals surface area contributed by atoms with E-state index >= 15 is 0 Å². The smallest absolute Gasteiger partial charge is 0.407 e. The minimum atomic E-state index is -1.26. The van der Waals surface area contributed by atoms with Crippen molar-refractivity contribution in [3.63, 3.8) is 0 Å². The molecule has 2 aromatic rings. The first-order valence-corrected chi connectivity index (χ1v) is 12.5. The number of ether oxygens (including phenoxy) is 1. The van der Waals surface area contributed by atoms with E-state index in [0.29, 0.717) is 12.8 Å². The zero-order chi connectivity index (χ0) is 26.3. The van der Waals surface area contributed by atoms with E-state index in [0.717, 1.165) is 6.42 Å². The summed E-state index contributed by atoms with van der Waals surface area (Å²) in [7, 11) is 0. The molecule has 0 bridgehead atoms. The number of carbonyl (C=O) groups is 3. The maximum atomic E-state index is 12.4. The fourth-order valence-electron chi connectivity index (χ4n) is 4.70. The minimum absolute atomic E-state index is 0.0999. The summed E-state index contributed by atoms with van der Waals surface area (Å²) >= 11 is 0. The Morgan fingerprint density at radius 1 is 0.972 bits per heavy atom. The third kappa shape index (κ3) is 7.23. The van der Waals surface area contributed by atoms with Crippen molar-refractivity contribution in [2.75, 3.05) is 6.54 Å². The van der Waals surface area contributed by atoms with Crippen LogP contribution in [0, 0.1) is 0 Å². The third-order valence-corrected chi connectivity index (χ3v) is 6.35. The fourth-order valence-corrected chi connectivity index (χ4v) is 4.70. The van der Waals surface area contributed by atoms with Gasteiger partial charge in [0.05, 0.1) is 0 Å². The molecule has 0 spiro atoms. The Hall–Kier alpha value is -3.55. The number of amides is 3. The summed E-state index contributed by atoms with van der Waals surface area (Å²) in [5, 5.41) is 16.6. The molecule has 8 nitrogen and oxygen atoms in total. The molecule has 0 aromatic heterocycles. The number of carboxylic acid groups (broad SMARTS) is 1. The molecule has 1 aliphatic rings. The van der Waals surface area contributed by atoms with Crippen LogP contribution < -0.4 is 16.0 Å². The number of alkyl carbamates (subject to hydrolysis) is 1. The Kier molecular flexibility index (Phi) is 8.96. The summed E-state index contributed by atoms with van der Waals surface area (Å²) in [6.07, 6.45) is 0.425. The van der Waals surface area contributed by atoms with Crippen LogP contribution in [0.4, 0.5) is 9.59 Å². The van der Waals surface area contributed by atoms with Crippen molar-refractivity contribution in [3.8, 4) is 11.1 Å². The van der Waals surface area contributed by atoms with Gasteiger partial charge in [-0.25, -0.2) is 9.59 Å². The SMILES string of the molecule is CC(C)NC(=O)[C@H](CCCNC(=O)OC(C)(C)CCC1c2ccccc2-c2ccccc21)NC(=O)O. The highest BCUT2D eigenvalue weighted by Gasteiger charge is 2.31. The van der Waals surface area contributed by atoms with E-state index in [1.165, 1.54) is 22.3 Å². The van der Waals surface area contributed by atoms with E-state index < -0.39 is 23.8 Å². The lowest BCUT2D eigenvalue weighted by atomic mass is 9.88. The number of rotatable bonds is 11. The van der Waals surface area contributed by atoms with Crippen LogP contribution in [-0.2, 0) is 9.53 Å². The van der Waals surface area contributed by atoms with Gasteiger partial charge in [0.1, 0.15) is 11.6 Å². The second-order valence-corrected chi connectivity index (χ2v) is 10.1. The van der Waals surface area contributed by atoms with Gasteiger partial charge in [0.25, 0.3) is 0 Å². The van der Waals surface area contributed by atoms with Crippen LogP contribution >= 0.6 is 0 Å². The Morgan fingerprint density at radius 3 is 2.11 bits per heavy atom. The molecule has 0 saturated carbocycles. The van der Waals surface area contributed by atoms with Crippen LogP contribution in [0.15, 0.2) is 48.5 Å². The number of carbonyl (C=O) groups excluding carboxylic acids is 2. The maximum Gasteiger partial charge on any atom is 0.407 e. The van der Waals surface area contributed by atoms with Crippen molar-refractivity contribution in [2.24, 2.45) is 0 Å². The van der Waals surface area contributed by atoms with Gasteiger partial charge in [-0.3, -0.25) is 4.79 Å². The number of benzene rings is 2. The van der Waals surface area contributed by atoms with Crippen LogP contribution in [0.3, 0.4) is 0 Å². The van der Waals surface area contributed by atoms with Gasteiger partial charge >= 0.3 is 12.2 Å². The number of hydrogen-bond acceptors (Lipinski definition) is 4. The first-order chi connectivity index (χ1) is 17.1. The van der Waals surface area contributed by atoms with Crippen LogP contribution in [0.5, 0.6) is 0 Å². The molecule has 4 N–H and O–H groups in total. The van der Waals surface area contributed by atoms with Crippen molar-refractivity contribution in [3.05, 3.63) is 59.7 Å². The van der Waals surface area contributed by atoms with E-state index in [-0.39, 0.29) is 30.8 Å². The molecule has 36 heavy (non-hydrogen) atoms. The molecule has 0 radical (unpaired) electrons. The highest BCUT2D eigenvalue weighted by atomic mass is 16.6. The molecule has 1 atom stereocenters. The highest BCUT2D eigenvalue weighted by molar-refractivity contribution is 5.85. The molecule has 0 aliphatic heterocycles. The van der Waals surface area contributed by atoms with Crippen molar-refractivity contribution < 1.29 is 24.2 Å². The number of hydrogen-bond donors (Lipinski definition) is 4. The Morgan fingerprint density at radius 2 is 1.56 bits per heavy atom. The van der Waals surface area contributed by atoms with E-state index in [2.05, 4.69) is 64.5 Å². The number of fused-ring (bicyclic) bond motifs is 3. The quantitative estimate of drug-likeness (QED) is 0.327. The molecule has 1 aliphatic carbocycles. The van der Waals surface area contributed by atoms with Crippen LogP contribution in [0.25, 0.3) is 11.1 Å². The Balaban J connectivity index is 1.47. The van der Waals surface area contributed by atoms with Gasteiger partial charge in [-0.15, -0.1) is 0 Å². The molecule has 8 heteroatoms. The molecule has 3 rings (SSSR count). The zero-order valence-electron chi connectivity index (χ0n) is 21.5. The topological polar surface area (TPSA) is 117 Å². The monoisotopic (exact) mass is 495 g/mol. The maximum absolute atomic E-state index is 12.4. The fraction of sp³-hybridized carbons (Fsp3) is 0.464. The Labute approximate surface area is 212 Å². The van der Waals surface area contributed by atoms with Crippen LogP contribution in [-0.4, -0.2) is 47.4 Å². The van der Waals surface area contributed by atoms with Crippen molar-refractivity contribution in [1.29, 1.82) is 0 Å². The zero-order valence-corrected chi connectivity index (χ0v) is 21.5. The minimum Gasteiger partial charge on any atom is -0.465 e. The first kappa shape index (κ1) is 27.0. The lowest BCUT2D eigenvalue weighted by Gasteiger charge is -2.27. The largest absolute Gasteiger partial charge is 0.465 e. The summed E-state index contributed by atoms with van der Waals surface area (Å²) in [5.74, 6) is -0.120. The third-order valence-electron chi connectivity index (χ3n) is 6.35. The van der Waals surface area contributed by atoms with E-state index in [1.807, 2.05) is 13.8 Å².